The Morgan fingerprint density at radius 1 is 1.05 bits per heavy atom. The molecule has 112 valence electrons. The van der Waals surface area contributed by atoms with E-state index in [1.165, 1.54) is 22.3 Å². The smallest absolute Gasteiger partial charge is 0.0323 e. The lowest BCUT2D eigenvalue weighted by molar-refractivity contribution is 0.499. The summed E-state index contributed by atoms with van der Waals surface area (Å²) in [4.78, 5) is 4.09. The van der Waals surface area contributed by atoms with E-state index in [1.54, 1.807) is 0 Å². The zero-order valence-corrected chi connectivity index (χ0v) is 13.4. The number of hydrogen-bond acceptors (Lipinski definition) is 2. The molecule has 1 heterocycles. The molecule has 0 saturated heterocycles. The molecule has 21 heavy (non-hydrogen) atoms. The molecule has 0 radical (unpaired) electrons. The van der Waals surface area contributed by atoms with Crippen LogP contribution in [-0.2, 0) is 6.42 Å². The van der Waals surface area contributed by atoms with E-state index < -0.39 is 0 Å². The molecule has 0 spiro atoms. The SMILES string of the molecule is CCCNC(CCc1ccncc1)c1ccc(C)c(C)c1. The van der Waals surface area contributed by atoms with Crippen LogP contribution in [0.3, 0.4) is 0 Å². The van der Waals surface area contributed by atoms with Crippen LogP contribution in [0.2, 0.25) is 0 Å². The average Bonchev–Trinajstić information content (AvgIpc) is 2.51. The molecule has 1 N–H and O–H groups in total. The van der Waals surface area contributed by atoms with E-state index in [9.17, 15) is 0 Å². The maximum absolute atomic E-state index is 4.09. The number of nitrogens with one attached hydrogen (secondary N) is 1. The highest BCUT2D eigenvalue weighted by molar-refractivity contribution is 5.32. The fourth-order valence-electron chi connectivity index (χ4n) is 2.55. The standard InChI is InChI=1S/C19H26N2/c1-4-11-21-19(8-6-17-9-12-20-13-10-17)18-7-5-15(2)16(3)14-18/h5,7,9-10,12-14,19,21H,4,6,8,11H2,1-3H3. The summed E-state index contributed by atoms with van der Waals surface area (Å²) in [7, 11) is 0. The van der Waals surface area contributed by atoms with E-state index in [-0.39, 0.29) is 0 Å². The zero-order valence-electron chi connectivity index (χ0n) is 13.4. The lowest BCUT2D eigenvalue weighted by Gasteiger charge is -2.20. The summed E-state index contributed by atoms with van der Waals surface area (Å²) in [6.07, 6.45) is 7.11. The normalized spacial score (nSPS) is 12.3. The Balaban J connectivity index is 2.08. The second kappa shape index (κ2) is 7.94. The molecule has 0 saturated carbocycles. The van der Waals surface area contributed by atoms with Gasteiger partial charge in [0.15, 0.2) is 0 Å². The van der Waals surface area contributed by atoms with Crippen molar-refractivity contribution in [2.45, 2.75) is 46.1 Å². The number of nitrogens with zero attached hydrogens (tertiary/aromatic N) is 1. The Labute approximate surface area is 128 Å². The van der Waals surface area contributed by atoms with Gasteiger partial charge in [-0.05, 0) is 74.0 Å². The molecule has 0 amide bonds. The summed E-state index contributed by atoms with van der Waals surface area (Å²) in [5.41, 5.74) is 5.50. The third kappa shape index (κ3) is 4.68. The van der Waals surface area contributed by atoms with Gasteiger partial charge < -0.3 is 5.32 Å². The molecule has 2 aromatic rings. The number of hydrogen-bond donors (Lipinski definition) is 1. The highest BCUT2D eigenvalue weighted by atomic mass is 14.9. The number of aromatic nitrogens is 1. The highest BCUT2D eigenvalue weighted by Gasteiger charge is 2.11. The van der Waals surface area contributed by atoms with E-state index >= 15 is 0 Å². The first-order valence-corrected chi connectivity index (χ1v) is 7.90. The number of aryl methyl sites for hydroxylation is 3. The van der Waals surface area contributed by atoms with Gasteiger partial charge in [0.25, 0.3) is 0 Å². The van der Waals surface area contributed by atoms with Crippen molar-refractivity contribution in [3.05, 3.63) is 65.0 Å². The molecular formula is C19H26N2. The van der Waals surface area contributed by atoms with Gasteiger partial charge in [-0.15, -0.1) is 0 Å². The molecule has 1 unspecified atom stereocenters. The van der Waals surface area contributed by atoms with Gasteiger partial charge in [0.1, 0.15) is 0 Å². The molecule has 0 bridgehead atoms. The van der Waals surface area contributed by atoms with Crippen LogP contribution < -0.4 is 5.32 Å². The quantitative estimate of drug-likeness (QED) is 0.815. The van der Waals surface area contributed by atoms with E-state index in [0.717, 1.165) is 25.8 Å². The predicted octanol–water partition coefficient (Wildman–Crippen LogP) is 4.37. The van der Waals surface area contributed by atoms with E-state index in [2.05, 4.69) is 61.4 Å². The summed E-state index contributed by atoms with van der Waals surface area (Å²) in [5.74, 6) is 0. The molecule has 0 aliphatic carbocycles. The minimum absolute atomic E-state index is 0.428. The molecule has 0 fully saturated rings. The second-order valence-electron chi connectivity index (χ2n) is 5.74. The lowest BCUT2D eigenvalue weighted by atomic mass is 9.96. The fraction of sp³-hybridized carbons (Fsp3) is 0.421. The zero-order chi connectivity index (χ0) is 15.1. The van der Waals surface area contributed by atoms with Gasteiger partial charge in [0.05, 0.1) is 0 Å². The maximum atomic E-state index is 4.09. The summed E-state index contributed by atoms with van der Waals surface area (Å²) >= 11 is 0. The van der Waals surface area contributed by atoms with Crippen molar-refractivity contribution < 1.29 is 0 Å². The molecular weight excluding hydrogens is 256 g/mol. The minimum Gasteiger partial charge on any atom is -0.310 e. The second-order valence-corrected chi connectivity index (χ2v) is 5.74. The molecule has 2 rings (SSSR count). The summed E-state index contributed by atoms with van der Waals surface area (Å²) in [6, 6.07) is 11.5. The molecule has 1 aromatic heterocycles. The van der Waals surface area contributed by atoms with Crippen molar-refractivity contribution in [1.82, 2.24) is 10.3 Å². The molecule has 0 aliphatic rings. The topological polar surface area (TPSA) is 24.9 Å². The number of rotatable bonds is 7. The van der Waals surface area contributed by atoms with Crippen LogP contribution in [0.4, 0.5) is 0 Å². The monoisotopic (exact) mass is 282 g/mol. The first-order valence-electron chi connectivity index (χ1n) is 7.90. The van der Waals surface area contributed by atoms with Crippen LogP contribution >= 0.6 is 0 Å². The first-order chi connectivity index (χ1) is 10.2. The molecule has 2 nitrogen and oxygen atoms in total. The minimum atomic E-state index is 0.428. The van der Waals surface area contributed by atoms with Gasteiger partial charge in [0.2, 0.25) is 0 Å². The average molecular weight is 282 g/mol. The Bertz CT molecular complexity index is 549. The van der Waals surface area contributed by atoms with E-state index in [1.807, 2.05) is 12.4 Å². The van der Waals surface area contributed by atoms with Crippen molar-refractivity contribution in [2.24, 2.45) is 0 Å². The van der Waals surface area contributed by atoms with Crippen molar-refractivity contribution in [3.63, 3.8) is 0 Å². The first kappa shape index (κ1) is 15.7. The van der Waals surface area contributed by atoms with Crippen LogP contribution in [0.5, 0.6) is 0 Å². The molecule has 0 aliphatic heterocycles. The molecule has 2 heteroatoms. The summed E-state index contributed by atoms with van der Waals surface area (Å²) in [6.45, 7) is 7.64. The predicted molar refractivity (Wildman–Crippen MR) is 89.5 cm³/mol. The van der Waals surface area contributed by atoms with Crippen LogP contribution in [0.25, 0.3) is 0 Å². The van der Waals surface area contributed by atoms with Crippen molar-refractivity contribution in [2.75, 3.05) is 6.54 Å². The molecule has 1 atom stereocenters. The van der Waals surface area contributed by atoms with Crippen LogP contribution in [0, 0.1) is 13.8 Å². The van der Waals surface area contributed by atoms with Crippen LogP contribution in [0.15, 0.2) is 42.7 Å². The van der Waals surface area contributed by atoms with Gasteiger partial charge >= 0.3 is 0 Å². The number of pyridine rings is 1. The van der Waals surface area contributed by atoms with E-state index in [0.29, 0.717) is 6.04 Å². The van der Waals surface area contributed by atoms with Crippen molar-refractivity contribution in [1.29, 1.82) is 0 Å². The fourth-order valence-corrected chi connectivity index (χ4v) is 2.55. The Kier molecular flexibility index (Phi) is 5.94. The van der Waals surface area contributed by atoms with Gasteiger partial charge in [-0.1, -0.05) is 25.1 Å². The Hall–Kier alpha value is -1.67. The summed E-state index contributed by atoms with van der Waals surface area (Å²) in [5, 5.41) is 3.69. The van der Waals surface area contributed by atoms with Gasteiger partial charge in [-0.25, -0.2) is 0 Å². The van der Waals surface area contributed by atoms with Crippen LogP contribution in [-0.4, -0.2) is 11.5 Å². The number of benzene rings is 1. The Morgan fingerprint density at radius 2 is 1.81 bits per heavy atom. The third-order valence-electron chi connectivity index (χ3n) is 4.05. The summed E-state index contributed by atoms with van der Waals surface area (Å²) < 4.78 is 0. The van der Waals surface area contributed by atoms with Crippen molar-refractivity contribution >= 4 is 0 Å². The van der Waals surface area contributed by atoms with Crippen molar-refractivity contribution in [3.8, 4) is 0 Å². The van der Waals surface area contributed by atoms with E-state index in [4.69, 9.17) is 0 Å². The third-order valence-corrected chi connectivity index (χ3v) is 4.05. The van der Waals surface area contributed by atoms with Gasteiger partial charge in [-0.3, -0.25) is 4.98 Å². The Morgan fingerprint density at radius 3 is 2.48 bits per heavy atom. The maximum Gasteiger partial charge on any atom is 0.0323 e. The largest absolute Gasteiger partial charge is 0.310 e. The van der Waals surface area contributed by atoms with Gasteiger partial charge in [-0.2, -0.15) is 0 Å². The van der Waals surface area contributed by atoms with Crippen LogP contribution in [0.1, 0.15) is 48.1 Å². The molecule has 1 aromatic carbocycles. The lowest BCUT2D eigenvalue weighted by Crippen LogP contribution is -2.23. The van der Waals surface area contributed by atoms with Gasteiger partial charge in [0, 0.05) is 18.4 Å². The highest BCUT2D eigenvalue weighted by Crippen LogP contribution is 2.22.